The van der Waals surface area contributed by atoms with Gasteiger partial charge in [-0.2, -0.15) is 0 Å². The summed E-state index contributed by atoms with van der Waals surface area (Å²) in [5.41, 5.74) is 5.75. The zero-order valence-electron chi connectivity index (χ0n) is 21.4. The standard InChI is InChI=1S/C29H31ClN4O3S/c1-32(2)18-23-19-33(15-16-37-23)22-12-8-11-21(17-22)26(20-9-4-3-5-10-20)34-29(36)27(28(35)31-34)38-25-14-7-6-13-24(25)30/h3-14,17,23,26-27H,15-16,18-19H2,1-2H3,(H,31,35). The van der Waals surface area contributed by atoms with E-state index in [1.165, 1.54) is 16.8 Å². The van der Waals surface area contributed by atoms with Gasteiger partial charge in [0.15, 0.2) is 5.25 Å². The quantitative estimate of drug-likeness (QED) is 0.424. The summed E-state index contributed by atoms with van der Waals surface area (Å²) in [5, 5.41) is 1.07. The first-order valence-corrected chi connectivity index (χ1v) is 13.9. The number of nitrogens with zero attached hydrogens (tertiary/aromatic N) is 3. The van der Waals surface area contributed by atoms with Gasteiger partial charge in [-0.05, 0) is 49.5 Å². The maximum atomic E-state index is 13.7. The number of hydrogen-bond acceptors (Lipinski definition) is 6. The number of amides is 2. The van der Waals surface area contributed by atoms with Crippen molar-refractivity contribution in [3.05, 3.63) is 95.0 Å². The van der Waals surface area contributed by atoms with Gasteiger partial charge in [0.05, 0.1) is 17.7 Å². The van der Waals surface area contributed by atoms with E-state index >= 15 is 0 Å². The summed E-state index contributed by atoms with van der Waals surface area (Å²) in [7, 11) is 4.10. The number of nitrogens with one attached hydrogen (secondary N) is 1. The highest BCUT2D eigenvalue weighted by Crippen LogP contribution is 2.37. The third-order valence-electron chi connectivity index (χ3n) is 6.64. The molecule has 0 aliphatic carbocycles. The molecule has 3 aromatic carbocycles. The van der Waals surface area contributed by atoms with Crippen LogP contribution in [0.1, 0.15) is 17.2 Å². The minimum absolute atomic E-state index is 0.120. The maximum absolute atomic E-state index is 13.7. The predicted molar refractivity (Wildman–Crippen MR) is 151 cm³/mol. The lowest BCUT2D eigenvalue weighted by Crippen LogP contribution is -2.46. The summed E-state index contributed by atoms with van der Waals surface area (Å²) in [6.07, 6.45) is 0.120. The number of hydrazine groups is 1. The van der Waals surface area contributed by atoms with E-state index in [1.807, 2.05) is 74.8 Å². The molecule has 3 atom stereocenters. The maximum Gasteiger partial charge on any atom is 0.265 e. The van der Waals surface area contributed by atoms with Crippen molar-refractivity contribution in [1.29, 1.82) is 0 Å². The molecule has 9 heteroatoms. The number of morpholine rings is 1. The van der Waals surface area contributed by atoms with Gasteiger partial charge in [-0.3, -0.25) is 15.0 Å². The Hall–Kier alpha value is -3.04. The van der Waals surface area contributed by atoms with Crippen LogP contribution in [0.2, 0.25) is 5.02 Å². The lowest BCUT2D eigenvalue weighted by atomic mass is 9.97. The summed E-state index contributed by atoms with van der Waals surface area (Å²) in [6.45, 7) is 3.08. The molecule has 0 saturated carbocycles. The molecule has 5 rings (SSSR count). The van der Waals surface area contributed by atoms with Crippen molar-refractivity contribution in [1.82, 2.24) is 15.3 Å². The summed E-state index contributed by atoms with van der Waals surface area (Å²) in [5.74, 6) is -0.645. The number of likely N-dealkylation sites (N-methyl/N-ethyl adjacent to an activating group) is 1. The highest BCUT2D eigenvalue weighted by Gasteiger charge is 2.44. The third kappa shape index (κ3) is 5.83. The molecule has 38 heavy (non-hydrogen) atoms. The second kappa shape index (κ2) is 11.8. The Morgan fingerprint density at radius 2 is 1.76 bits per heavy atom. The lowest BCUT2D eigenvalue weighted by molar-refractivity contribution is -0.131. The van der Waals surface area contributed by atoms with Crippen molar-refractivity contribution in [2.45, 2.75) is 22.3 Å². The van der Waals surface area contributed by atoms with Crippen LogP contribution in [0, 0.1) is 0 Å². The third-order valence-corrected chi connectivity index (χ3v) is 8.35. The minimum atomic E-state index is -0.921. The van der Waals surface area contributed by atoms with Gasteiger partial charge in [-0.25, -0.2) is 5.01 Å². The second-order valence-corrected chi connectivity index (χ2v) is 11.3. The number of carbonyl (C=O) groups is 2. The van der Waals surface area contributed by atoms with Gasteiger partial charge in [0, 0.05) is 30.2 Å². The number of benzene rings is 3. The van der Waals surface area contributed by atoms with Crippen LogP contribution < -0.4 is 10.3 Å². The van der Waals surface area contributed by atoms with E-state index < -0.39 is 11.3 Å². The number of halogens is 1. The zero-order valence-corrected chi connectivity index (χ0v) is 23.0. The fourth-order valence-electron chi connectivity index (χ4n) is 4.92. The molecule has 2 fully saturated rings. The van der Waals surface area contributed by atoms with Crippen LogP contribution in [0.15, 0.2) is 83.8 Å². The molecule has 0 bridgehead atoms. The summed E-state index contributed by atoms with van der Waals surface area (Å²) in [4.78, 5) is 31.9. The average molecular weight is 551 g/mol. The average Bonchev–Trinajstić information content (AvgIpc) is 3.19. The first-order valence-electron chi connectivity index (χ1n) is 12.6. The highest BCUT2D eigenvalue weighted by atomic mass is 35.5. The molecule has 2 heterocycles. The van der Waals surface area contributed by atoms with E-state index in [-0.39, 0.29) is 17.9 Å². The molecule has 0 spiro atoms. The molecule has 198 valence electrons. The van der Waals surface area contributed by atoms with Crippen LogP contribution in [0.5, 0.6) is 0 Å². The van der Waals surface area contributed by atoms with Crippen LogP contribution in [0.4, 0.5) is 5.69 Å². The Morgan fingerprint density at radius 1 is 1.03 bits per heavy atom. The molecular weight excluding hydrogens is 520 g/mol. The first-order chi connectivity index (χ1) is 18.4. The van der Waals surface area contributed by atoms with Gasteiger partial charge in [0.2, 0.25) is 0 Å². The number of ether oxygens (including phenoxy) is 1. The summed E-state index contributed by atoms with van der Waals surface area (Å²) in [6, 6.07) is 24.8. The van der Waals surface area contributed by atoms with Crippen LogP contribution in [-0.4, -0.2) is 73.4 Å². The van der Waals surface area contributed by atoms with Crippen LogP contribution in [-0.2, 0) is 14.3 Å². The van der Waals surface area contributed by atoms with E-state index in [1.54, 1.807) is 6.07 Å². The molecule has 7 nitrogen and oxygen atoms in total. The Morgan fingerprint density at radius 3 is 2.53 bits per heavy atom. The van der Waals surface area contributed by atoms with E-state index in [9.17, 15) is 9.59 Å². The number of rotatable bonds is 8. The Labute approximate surface area is 232 Å². The lowest BCUT2D eigenvalue weighted by Gasteiger charge is -2.36. The normalized spacial score (nSPS) is 20.6. The van der Waals surface area contributed by atoms with Crippen molar-refractivity contribution in [2.24, 2.45) is 0 Å². The van der Waals surface area contributed by atoms with E-state index in [2.05, 4.69) is 27.4 Å². The molecule has 2 amide bonds. The van der Waals surface area contributed by atoms with Crippen LogP contribution in [0.3, 0.4) is 0 Å². The van der Waals surface area contributed by atoms with Gasteiger partial charge in [-0.15, -0.1) is 11.8 Å². The topological polar surface area (TPSA) is 65.1 Å². The van der Waals surface area contributed by atoms with Crippen molar-refractivity contribution in [2.75, 3.05) is 45.2 Å². The van der Waals surface area contributed by atoms with Gasteiger partial charge < -0.3 is 14.5 Å². The van der Waals surface area contributed by atoms with E-state index in [4.69, 9.17) is 16.3 Å². The molecule has 3 unspecified atom stereocenters. The van der Waals surface area contributed by atoms with Crippen LogP contribution in [0.25, 0.3) is 0 Å². The summed E-state index contributed by atoms with van der Waals surface area (Å²) >= 11 is 7.50. The Bertz CT molecular complexity index is 1290. The van der Waals surface area contributed by atoms with Gasteiger partial charge in [0.25, 0.3) is 11.8 Å². The van der Waals surface area contributed by atoms with Crippen molar-refractivity contribution in [3.8, 4) is 0 Å². The fraction of sp³-hybridized carbons (Fsp3) is 0.310. The van der Waals surface area contributed by atoms with E-state index in [0.29, 0.717) is 16.5 Å². The van der Waals surface area contributed by atoms with E-state index in [0.717, 1.165) is 36.4 Å². The molecule has 1 N–H and O–H groups in total. The zero-order chi connectivity index (χ0) is 26.6. The van der Waals surface area contributed by atoms with Gasteiger partial charge in [0.1, 0.15) is 6.04 Å². The Kier molecular flexibility index (Phi) is 8.24. The smallest absolute Gasteiger partial charge is 0.265 e. The molecule has 3 aromatic rings. The molecule has 2 aliphatic rings. The Balaban J connectivity index is 1.44. The van der Waals surface area contributed by atoms with Crippen molar-refractivity contribution >= 4 is 40.9 Å². The molecule has 2 saturated heterocycles. The highest BCUT2D eigenvalue weighted by molar-refractivity contribution is 8.01. The number of anilines is 1. The fourth-order valence-corrected chi connectivity index (χ4v) is 6.16. The molecule has 2 aliphatic heterocycles. The van der Waals surface area contributed by atoms with Crippen molar-refractivity contribution in [3.63, 3.8) is 0 Å². The first kappa shape index (κ1) is 26.6. The molecule has 0 aromatic heterocycles. The minimum Gasteiger partial charge on any atom is -0.373 e. The summed E-state index contributed by atoms with van der Waals surface area (Å²) < 4.78 is 5.97. The van der Waals surface area contributed by atoms with Gasteiger partial charge in [-0.1, -0.05) is 66.2 Å². The van der Waals surface area contributed by atoms with Crippen LogP contribution >= 0.6 is 23.4 Å². The largest absolute Gasteiger partial charge is 0.373 e. The molecular formula is C29H31ClN4O3S. The SMILES string of the molecule is CN(C)CC1CN(c2cccc(C(c3ccccc3)N3NC(=O)C(Sc4ccccc4Cl)C3=O)c2)CCO1. The number of thioether (sulfide) groups is 1. The van der Waals surface area contributed by atoms with Crippen molar-refractivity contribution < 1.29 is 14.3 Å². The van der Waals surface area contributed by atoms with Gasteiger partial charge >= 0.3 is 0 Å². The number of carbonyl (C=O) groups excluding carboxylic acids is 2. The predicted octanol–water partition coefficient (Wildman–Crippen LogP) is 4.23. The molecule has 0 radical (unpaired) electrons. The second-order valence-electron chi connectivity index (χ2n) is 9.72. The monoisotopic (exact) mass is 550 g/mol. The number of hydrogen-bond donors (Lipinski definition) is 1.